The minimum atomic E-state index is -2.42. The predicted octanol–water partition coefficient (Wildman–Crippen LogP) is 12.6. The fourth-order valence-electron chi connectivity index (χ4n) is 7.73. The Bertz CT molecular complexity index is 2540. The van der Waals surface area contributed by atoms with Gasteiger partial charge < -0.3 is 9.47 Å². The van der Waals surface area contributed by atoms with Crippen molar-refractivity contribution in [2.24, 2.45) is 0 Å². The summed E-state index contributed by atoms with van der Waals surface area (Å²) in [7, 11) is 0.981. The number of methoxy groups -OCH3 is 2. The molecule has 0 bridgehead atoms. The van der Waals surface area contributed by atoms with Crippen LogP contribution in [0.1, 0.15) is 22.3 Å². The molecule has 0 spiro atoms. The Kier molecular flexibility index (Phi) is 8.42. The number of nitrogens with zero attached hydrogens (tertiary/aromatic N) is 2. The molecule has 7 heteroatoms. The summed E-state index contributed by atoms with van der Waals surface area (Å²) in [6.07, 6.45) is 0. The Morgan fingerprint density at radius 1 is 0.434 bits per heavy atom. The van der Waals surface area contributed by atoms with Crippen molar-refractivity contribution in [3.05, 3.63) is 168 Å². The quantitative estimate of drug-likeness (QED) is 0.146. The maximum atomic E-state index is 5.50. The van der Waals surface area contributed by atoms with Gasteiger partial charge in [0.25, 0.3) is 0 Å². The molecule has 9 rings (SSSR count). The minimum absolute atomic E-state index is 0.818. The molecule has 0 saturated heterocycles. The van der Waals surface area contributed by atoms with Gasteiger partial charge in [0.05, 0.1) is 34.7 Å². The summed E-state index contributed by atoms with van der Waals surface area (Å²) in [6, 6.07) is 52.2. The molecule has 0 amide bonds. The van der Waals surface area contributed by atoms with E-state index in [9.17, 15) is 0 Å². The zero-order chi connectivity index (χ0) is 36.1. The van der Waals surface area contributed by atoms with E-state index < -0.39 is 8.07 Å². The van der Waals surface area contributed by atoms with Crippen molar-refractivity contribution in [2.75, 3.05) is 14.2 Å². The Hall–Kier alpha value is -5.60. The van der Waals surface area contributed by atoms with Gasteiger partial charge in [0, 0.05) is 23.3 Å². The molecular formula is C46H36N2O2S2Si. The van der Waals surface area contributed by atoms with E-state index >= 15 is 0 Å². The maximum absolute atomic E-state index is 5.50. The van der Waals surface area contributed by atoms with Crippen molar-refractivity contribution in [1.29, 1.82) is 0 Å². The van der Waals surface area contributed by atoms with E-state index in [1.54, 1.807) is 36.9 Å². The summed E-state index contributed by atoms with van der Waals surface area (Å²) in [4.78, 5) is 10.1. The standard InChI is InChI=1S/C46H36N2O2S2Si/c1-49-35-21-23-39-37(27-35)47-45(51-39)33-19-11-17-31(25-33)43-41(29-13-7-5-8-14-29)42(30-15-9-6-10-16-30)44(53(43,3)4)32-18-12-20-34(26-32)46-48-38-28-36(50-2)22-24-40(38)52-46/h5-28H,1-4H3. The first kappa shape index (κ1) is 33.2. The van der Waals surface area contributed by atoms with Gasteiger partial charge in [-0.05, 0) is 80.2 Å². The van der Waals surface area contributed by atoms with Crippen LogP contribution in [0.15, 0.2) is 146 Å². The molecule has 0 N–H and O–H groups in total. The summed E-state index contributed by atoms with van der Waals surface area (Å²) in [5, 5.41) is 4.87. The van der Waals surface area contributed by atoms with Gasteiger partial charge in [0.15, 0.2) is 0 Å². The van der Waals surface area contributed by atoms with E-state index in [1.807, 2.05) is 24.3 Å². The molecule has 6 aromatic carbocycles. The molecule has 53 heavy (non-hydrogen) atoms. The molecule has 0 saturated carbocycles. The highest BCUT2D eigenvalue weighted by molar-refractivity contribution is 7.22. The van der Waals surface area contributed by atoms with E-state index in [4.69, 9.17) is 19.4 Å². The number of ether oxygens (including phenoxy) is 2. The summed E-state index contributed by atoms with van der Waals surface area (Å²) >= 11 is 3.44. The Labute approximate surface area is 318 Å². The smallest absolute Gasteiger partial charge is 0.124 e. The minimum Gasteiger partial charge on any atom is -0.497 e. The van der Waals surface area contributed by atoms with Crippen LogP contribution in [0.4, 0.5) is 0 Å². The van der Waals surface area contributed by atoms with Crippen molar-refractivity contribution < 1.29 is 9.47 Å². The third-order valence-corrected chi connectivity index (χ3v) is 15.9. The second kappa shape index (κ2) is 13.4. The number of fused-ring (bicyclic) bond motifs is 2. The van der Waals surface area contributed by atoms with Gasteiger partial charge in [-0.3, -0.25) is 0 Å². The first-order valence-electron chi connectivity index (χ1n) is 17.6. The first-order valence-corrected chi connectivity index (χ1v) is 22.3. The third kappa shape index (κ3) is 5.91. The van der Waals surface area contributed by atoms with E-state index in [2.05, 4.69) is 134 Å². The molecule has 1 aliphatic rings. The number of hydrogen-bond donors (Lipinski definition) is 0. The number of rotatable bonds is 8. The lowest BCUT2D eigenvalue weighted by atomic mass is 9.89. The Balaban J connectivity index is 1.25. The zero-order valence-electron chi connectivity index (χ0n) is 29.9. The first-order chi connectivity index (χ1) is 25.9. The number of aromatic nitrogens is 2. The second-order valence-corrected chi connectivity index (χ2v) is 20.0. The van der Waals surface area contributed by atoms with Crippen LogP contribution < -0.4 is 9.47 Å². The van der Waals surface area contributed by atoms with Gasteiger partial charge in [-0.15, -0.1) is 22.7 Å². The molecule has 258 valence electrons. The van der Waals surface area contributed by atoms with E-state index in [1.165, 1.54) is 43.8 Å². The zero-order valence-corrected chi connectivity index (χ0v) is 32.5. The van der Waals surface area contributed by atoms with Gasteiger partial charge in [0.1, 0.15) is 29.6 Å². The van der Waals surface area contributed by atoms with Crippen LogP contribution in [0.5, 0.6) is 11.5 Å². The molecule has 0 radical (unpaired) electrons. The summed E-state index contributed by atoms with van der Waals surface area (Å²) in [6.45, 7) is 5.04. The number of benzene rings is 6. The van der Waals surface area contributed by atoms with Crippen LogP contribution in [0.2, 0.25) is 13.1 Å². The van der Waals surface area contributed by atoms with Crippen LogP contribution in [0.25, 0.3) is 63.1 Å². The Morgan fingerprint density at radius 3 is 1.25 bits per heavy atom. The van der Waals surface area contributed by atoms with Crippen molar-refractivity contribution in [3.8, 4) is 32.6 Å². The molecule has 0 unspecified atom stereocenters. The topological polar surface area (TPSA) is 44.2 Å². The van der Waals surface area contributed by atoms with Crippen molar-refractivity contribution in [3.63, 3.8) is 0 Å². The van der Waals surface area contributed by atoms with Gasteiger partial charge in [-0.1, -0.05) is 110 Å². The molecule has 8 aromatic rings. The molecule has 0 aliphatic carbocycles. The fourth-order valence-corrected chi connectivity index (χ4v) is 13.4. The highest BCUT2D eigenvalue weighted by Gasteiger charge is 2.44. The second-order valence-electron chi connectivity index (χ2n) is 13.7. The highest BCUT2D eigenvalue weighted by atomic mass is 32.1. The normalized spacial score (nSPS) is 14.0. The average Bonchev–Trinajstić information content (AvgIpc) is 3.90. The van der Waals surface area contributed by atoms with Crippen molar-refractivity contribution in [1.82, 2.24) is 9.97 Å². The van der Waals surface area contributed by atoms with Crippen molar-refractivity contribution >= 4 is 72.7 Å². The maximum Gasteiger partial charge on any atom is 0.124 e. The highest BCUT2D eigenvalue weighted by Crippen LogP contribution is 2.56. The van der Waals surface area contributed by atoms with E-state index in [0.717, 1.165) is 53.1 Å². The Morgan fingerprint density at radius 2 is 0.830 bits per heavy atom. The lowest BCUT2D eigenvalue weighted by Crippen LogP contribution is -2.28. The molecule has 4 nitrogen and oxygen atoms in total. The van der Waals surface area contributed by atoms with Gasteiger partial charge in [-0.25, -0.2) is 9.97 Å². The largest absolute Gasteiger partial charge is 0.497 e. The molecule has 1 aliphatic heterocycles. The number of hydrogen-bond acceptors (Lipinski definition) is 6. The SMILES string of the molecule is COc1ccc2sc(-c3cccc(C4=C(c5ccccc5)C(c5ccccc5)=C(c5cccc(-c6nc7cc(OC)ccc7s6)c5)[Si]4(C)C)c3)nc2c1. The lowest BCUT2D eigenvalue weighted by Gasteiger charge is -2.27. The summed E-state index contributed by atoms with van der Waals surface area (Å²) in [5.74, 6) is 1.64. The van der Waals surface area contributed by atoms with Crippen LogP contribution in [0, 0.1) is 0 Å². The van der Waals surface area contributed by atoms with E-state index in [-0.39, 0.29) is 0 Å². The third-order valence-electron chi connectivity index (χ3n) is 10.1. The predicted molar refractivity (Wildman–Crippen MR) is 227 cm³/mol. The van der Waals surface area contributed by atoms with Gasteiger partial charge in [-0.2, -0.15) is 0 Å². The van der Waals surface area contributed by atoms with Crippen LogP contribution in [-0.2, 0) is 0 Å². The monoisotopic (exact) mass is 740 g/mol. The van der Waals surface area contributed by atoms with Gasteiger partial charge in [0.2, 0.25) is 0 Å². The fraction of sp³-hybridized carbons (Fsp3) is 0.0870. The molecule has 0 fully saturated rings. The molecule has 2 aromatic heterocycles. The van der Waals surface area contributed by atoms with Crippen LogP contribution in [-0.4, -0.2) is 32.3 Å². The number of allylic oxidation sites excluding steroid dienone is 2. The van der Waals surface area contributed by atoms with Crippen LogP contribution >= 0.6 is 22.7 Å². The lowest BCUT2D eigenvalue weighted by molar-refractivity contribution is 0.415. The van der Waals surface area contributed by atoms with E-state index in [0.29, 0.717) is 0 Å². The molecule has 0 atom stereocenters. The summed E-state index contributed by atoms with van der Waals surface area (Å²) in [5.41, 5.74) is 11.7. The number of thiazole rings is 2. The molecule has 3 heterocycles. The van der Waals surface area contributed by atoms with Gasteiger partial charge >= 0.3 is 0 Å². The average molecular weight is 741 g/mol. The summed E-state index contributed by atoms with van der Waals surface area (Å²) < 4.78 is 13.3. The molecular weight excluding hydrogens is 705 g/mol. The van der Waals surface area contributed by atoms with Crippen LogP contribution in [0.3, 0.4) is 0 Å². The van der Waals surface area contributed by atoms with Crippen molar-refractivity contribution in [2.45, 2.75) is 13.1 Å².